The first kappa shape index (κ1) is 15.3. The van der Waals surface area contributed by atoms with Crippen molar-refractivity contribution in [2.75, 3.05) is 5.73 Å². The number of nitrogen functional groups attached to an aromatic ring is 1. The number of amides is 1. The molecular formula is C15H19FN2O3. The SMILES string of the molecule is CC1CCC(NC(=O)c2cccc(F)c2N)(C(=O)O)CC1. The fourth-order valence-electron chi connectivity index (χ4n) is 2.67. The Kier molecular flexibility index (Phi) is 4.16. The maximum atomic E-state index is 13.4. The minimum Gasteiger partial charge on any atom is -0.480 e. The Bertz CT molecular complexity index is 566. The summed E-state index contributed by atoms with van der Waals surface area (Å²) in [5, 5.41) is 12.0. The van der Waals surface area contributed by atoms with Crippen LogP contribution in [0.25, 0.3) is 0 Å². The minimum atomic E-state index is -1.29. The summed E-state index contributed by atoms with van der Waals surface area (Å²) < 4.78 is 13.4. The molecule has 21 heavy (non-hydrogen) atoms. The Morgan fingerprint density at radius 2 is 2.00 bits per heavy atom. The number of anilines is 1. The molecule has 1 aliphatic carbocycles. The molecule has 0 radical (unpaired) electrons. The summed E-state index contributed by atoms with van der Waals surface area (Å²) in [6.07, 6.45) is 2.19. The van der Waals surface area contributed by atoms with Gasteiger partial charge < -0.3 is 16.2 Å². The van der Waals surface area contributed by atoms with Crippen LogP contribution in [0.5, 0.6) is 0 Å². The third-order valence-electron chi connectivity index (χ3n) is 4.19. The predicted molar refractivity (Wildman–Crippen MR) is 76.3 cm³/mol. The number of carboxylic acid groups (broad SMARTS) is 1. The van der Waals surface area contributed by atoms with E-state index in [-0.39, 0.29) is 11.3 Å². The number of nitrogens with one attached hydrogen (secondary N) is 1. The number of hydrogen-bond acceptors (Lipinski definition) is 3. The van der Waals surface area contributed by atoms with Gasteiger partial charge in [-0.25, -0.2) is 9.18 Å². The van der Waals surface area contributed by atoms with Crippen molar-refractivity contribution in [2.45, 2.75) is 38.1 Å². The average Bonchev–Trinajstić information content (AvgIpc) is 2.44. The predicted octanol–water partition coefficient (Wildman–Crippen LogP) is 2.17. The molecule has 114 valence electrons. The van der Waals surface area contributed by atoms with Gasteiger partial charge in [0.05, 0.1) is 11.3 Å². The lowest BCUT2D eigenvalue weighted by Gasteiger charge is -2.36. The highest BCUT2D eigenvalue weighted by Crippen LogP contribution is 2.32. The summed E-state index contributed by atoms with van der Waals surface area (Å²) in [5.74, 6) is -1.96. The van der Waals surface area contributed by atoms with Crippen LogP contribution in [0.15, 0.2) is 18.2 Å². The zero-order chi connectivity index (χ0) is 15.6. The normalized spacial score (nSPS) is 25.3. The van der Waals surface area contributed by atoms with Crippen molar-refractivity contribution in [1.82, 2.24) is 5.32 Å². The fraction of sp³-hybridized carbons (Fsp3) is 0.467. The van der Waals surface area contributed by atoms with E-state index in [2.05, 4.69) is 12.2 Å². The molecule has 1 aromatic carbocycles. The summed E-state index contributed by atoms with van der Waals surface area (Å²) >= 11 is 0. The van der Waals surface area contributed by atoms with Crippen LogP contribution in [0, 0.1) is 11.7 Å². The van der Waals surface area contributed by atoms with Gasteiger partial charge in [-0.2, -0.15) is 0 Å². The van der Waals surface area contributed by atoms with Gasteiger partial charge in [0.15, 0.2) is 0 Å². The Morgan fingerprint density at radius 1 is 1.38 bits per heavy atom. The van der Waals surface area contributed by atoms with Gasteiger partial charge >= 0.3 is 5.97 Å². The molecule has 0 aromatic heterocycles. The smallest absolute Gasteiger partial charge is 0.329 e. The van der Waals surface area contributed by atoms with E-state index in [4.69, 9.17) is 5.73 Å². The molecule has 4 N–H and O–H groups in total. The Balaban J connectivity index is 2.23. The number of carboxylic acids is 1. The van der Waals surface area contributed by atoms with E-state index in [0.29, 0.717) is 18.8 Å². The Hall–Kier alpha value is -2.11. The number of rotatable bonds is 3. The zero-order valence-electron chi connectivity index (χ0n) is 11.9. The molecule has 0 unspecified atom stereocenters. The maximum absolute atomic E-state index is 13.4. The molecule has 0 bridgehead atoms. The van der Waals surface area contributed by atoms with Crippen molar-refractivity contribution in [3.63, 3.8) is 0 Å². The van der Waals surface area contributed by atoms with Gasteiger partial charge in [-0.1, -0.05) is 13.0 Å². The van der Waals surface area contributed by atoms with E-state index >= 15 is 0 Å². The number of benzene rings is 1. The molecule has 1 fully saturated rings. The third kappa shape index (κ3) is 2.99. The van der Waals surface area contributed by atoms with Crippen molar-refractivity contribution in [2.24, 2.45) is 5.92 Å². The largest absolute Gasteiger partial charge is 0.480 e. The van der Waals surface area contributed by atoms with Crippen molar-refractivity contribution in [3.05, 3.63) is 29.6 Å². The van der Waals surface area contributed by atoms with Crippen LogP contribution in [0.1, 0.15) is 43.0 Å². The first-order valence-electron chi connectivity index (χ1n) is 6.95. The number of halogens is 1. The number of nitrogens with two attached hydrogens (primary N) is 1. The standard InChI is InChI=1S/C15H19FN2O3/c1-9-5-7-15(8-6-9,14(20)21)18-13(19)10-3-2-4-11(16)12(10)17/h2-4,9H,5-8,17H2,1H3,(H,18,19)(H,20,21). The van der Waals surface area contributed by atoms with Crippen LogP contribution >= 0.6 is 0 Å². The van der Waals surface area contributed by atoms with Gasteiger partial charge in [-0.15, -0.1) is 0 Å². The minimum absolute atomic E-state index is 0.0331. The monoisotopic (exact) mass is 294 g/mol. The van der Waals surface area contributed by atoms with Crippen molar-refractivity contribution >= 4 is 17.6 Å². The molecule has 1 aliphatic rings. The highest BCUT2D eigenvalue weighted by atomic mass is 19.1. The lowest BCUT2D eigenvalue weighted by atomic mass is 9.77. The maximum Gasteiger partial charge on any atom is 0.329 e. The van der Waals surface area contributed by atoms with Gasteiger partial charge in [0.25, 0.3) is 5.91 Å². The molecule has 0 aliphatic heterocycles. The van der Waals surface area contributed by atoms with Crippen molar-refractivity contribution in [3.8, 4) is 0 Å². The third-order valence-corrected chi connectivity index (χ3v) is 4.19. The second kappa shape index (κ2) is 5.71. The van der Waals surface area contributed by atoms with E-state index in [1.165, 1.54) is 12.1 Å². The number of carbonyl (C=O) groups excluding carboxylic acids is 1. The number of para-hydroxylation sites is 1. The van der Waals surface area contributed by atoms with E-state index in [1.54, 1.807) is 0 Å². The van der Waals surface area contributed by atoms with Crippen LogP contribution in [0.3, 0.4) is 0 Å². The number of hydrogen-bond donors (Lipinski definition) is 3. The van der Waals surface area contributed by atoms with Gasteiger partial charge in [-0.05, 0) is 43.7 Å². The zero-order valence-corrected chi connectivity index (χ0v) is 11.9. The van der Waals surface area contributed by atoms with Gasteiger partial charge in [0, 0.05) is 0 Å². The molecule has 6 heteroatoms. The summed E-state index contributed by atoms with van der Waals surface area (Å²) in [6.45, 7) is 2.05. The Morgan fingerprint density at radius 3 is 2.57 bits per heavy atom. The molecule has 1 saturated carbocycles. The highest BCUT2D eigenvalue weighted by molar-refractivity contribution is 6.01. The molecule has 0 atom stereocenters. The molecule has 0 spiro atoms. The summed E-state index contributed by atoms with van der Waals surface area (Å²) in [5.41, 5.74) is 3.96. The van der Waals surface area contributed by atoms with E-state index in [0.717, 1.165) is 18.9 Å². The highest BCUT2D eigenvalue weighted by Gasteiger charge is 2.42. The molecular weight excluding hydrogens is 275 g/mol. The summed E-state index contributed by atoms with van der Waals surface area (Å²) in [6, 6.07) is 3.91. The van der Waals surface area contributed by atoms with Gasteiger partial charge in [-0.3, -0.25) is 4.79 Å². The van der Waals surface area contributed by atoms with Gasteiger partial charge in [0.2, 0.25) is 0 Å². The topological polar surface area (TPSA) is 92.4 Å². The van der Waals surface area contributed by atoms with E-state index in [1.807, 2.05) is 0 Å². The molecule has 0 saturated heterocycles. The summed E-state index contributed by atoms with van der Waals surface area (Å²) in [7, 11) is 0. The van der Waals surface area contributed by atoms with Crippen LogP contribution in [-0.4, -0.2) is 22.5 Å². The number of aliphatic carboxylic acids is 1. The molecule has 1 amide bonds. The summed E-state index contributed by atoms with van der Waals surface area (Å²) in [4.78, 5) is 23.8. The van der Waals surface area contributed by atoms with Crippen molar-refractivity contribution in [1.29, 1.82) is 0 Å². The second-order valence-corrected chi connectivity index (χ2v) is 5.72. The number of carbonyl (C=O) groups is 2. The lowest BCUT2D eigenvalue weighted by molar-refractivity contribution is -0.146. The van der Waals surface area contributed by atoms with Crippen LogP contribution in [0.4, 0.5) is 10.1 Å². The molecule has 1 aromatic rings. The molecule has 5 nitrogen and oxygen atoms in total. The van der Waals surface area contributed by atoms with E-state index < -0.39 is 23.2 Å². The average molecular weight is 294 g/mol. The molecule has 0 heterocycles. The van der Waals surface area contributed by atoms with Crippen LogP contribution in [-0.2, 0) is 4.79 Å². The van der Waals surface area contributed by atoms with Crippen LogP contribution < -0.4 is 11.1 Å². The van der Waals surface area contributed by atoms with Gasteiger partial charge in [0.1, 0.15) is 11.4 Å². The quantitative estimate of drug-likeness (QED) is 0.745. The van der Waals surface area contributed by atoms with E-state index in [9.17, 15) is 19.1 Å². The fourth-order valence-corrected chi connectivity index (χ4v) is 2.67. The first-order chi connectivity index (χ1) is 9.85. The first-order valence-corrected chi connectivity index (χ1v) is 6.95. The second-order valence-electron chi connectivity index (χ2n) is 5.72. The lowest BCUT2D eigenvalue weighted by Crippen LogP contribution is -2.56. The van der Waals surface area contributed by atoms with Crippen LogP contribution in [0.2, 0.25) is 0 Å². The molecule has 2 rings (SSSR count). The van der Waals surface area contributed by atoms with Crippen molar-refractivity contribution < 1.29 is 19.1 Å². The Labute approximate surface area is 122 Å².